The number of likely N-dealkylation sites (tertiary alicyclic amines) is 1. The first-order chi connectivity index (χ1) is 8.05. The van der Waals surface area contributed by atoms with Crippen molar-refractivity contribution in [1.29, 1.82) is 0 Å². The second kappa shape index (κ2) is 4.67. The summed E-state index contributed by atoms with van der Waals surface area (Å²) < 4.78 is 5.36. The van der Waals surface area contributed by atoms with Gasteiger partial charge in [-0.3, -0.25) is 4.90 Å². The van der Waals surface area contributed by atoms with Crippen molar-refractivity contribution >= 4 is 0 Å². The van der Waals surface area contributed by atoms with Crippen molar-refractivity contribution in [2.45, 2.75) is 38.5 Å². The number of para-hydroxylation sites is 1. The Labute approximate surface area is 103 Å². The fourth-order valence-electron chi connectivity index (χ4n) is 2.45. The van der Waals surface area contributed by atoms with Gasteiger partial charge in [-0.2, -0.15) is 0 Å². The quantitative estimate of drug-likeness (QED) is 0.870. The topological polar surface area (TPSA) is 32.7 Å². The summed E-state index contributed by atoms with van der Waals surface area (Å²) in [5.41, 5.74) is 1.03. The molecule has 1 aliphatic heterocycles. The first kappa shape index (κ1) is 12.4. The molecule has 1 aliphatic rings. The molecule has 1 unspecified atom stereocenters. The number of ether oxygens (including phenoxy) is 1. The van der Waals surface area contributed by atoms with Crippen molar-refractivity contribution in [3.63, 3.8) is 0 Å². The van der Waals surface area contributed by atoms with Crippen LogP contribution in [-0.4, -0.2) is 35.3 Å². The molecule has 94 valence electrons. The van der Waals surface area contributed by atoms with Crippen LogP contribution in [0.1, 0.15) is 25.8 Å². The lowest BCUT2D eigenvalue weighted by atomic mass is 9.98. The highest BCUT2D eigenvalue weighted by Crippen LogP contribution is 2.32. The highest BCUT2D eigenvalue weighted by Gasteiger charge is 2.40. The van der Waals surface area contributed by atoms with E-state index in [9.17, 15) is 5.11 Å². The number of benzene rings is 1. The fraction of sp³-hybridized carbons (Fsp3) is 0.571. The number of rotatable bonds is 3. The number of aliphatic hydroxyl groups excluding tert-OH is 1. The fourth-order valence-corrected chi connectivity index (χ4v) is 2.45. The number of methoxy groups -OCH3 is 1. The highest BCUT2D eigenvalue weighted by atomic mass is 16.5. The van der Waals surface area contributed by atoms with Gasteiger partial charge in [0.2, 0.25) is 0 Å². The second-order valence-corrected chi connectivity index (χ2v) is 5.19. The molecule has 0 aliphatic carbocycles. The molecule has 1 N–H and O–H groups in total. The van der Waals surface area contributed by atoms with Crippen molar-refractivity contribution in [2.24, 2.45) is 0 Å². The molecule has 0 bridgehead atoms. The molecule has 0 amide bonds. The van der Waals surface area contributed by atoms with Gasteiger partial charge in [-0.05, 0) is 26.3 Å². The summed E-state index contributed by atoms with van der Waals surface area (Å²) >= 11 is 0. The van der Waals surface area contributed by atoms with Crippen molar-refractivity contribution in [1.82, 2.24) is 4.90 Å². The molecule has 1 heterocycles. The molecule has 3 heteroatoms. The predicted octanol–water partition coefficient (Wildman–Crippen LogP) is 2.04. The van der Waals surface area contributed by atoms with Crippen LogP contribution in [0.4, 0.5) is 0 Å². The monoisotopic (exact) mass is 235 g/mol. The number of hydrogen-bond acceptors (Lipinski definition) is 3. The molecule has 2 rings (SSSR count). The molecule has 0 spiro atoms. The third-order valence-electron chi connectivity index (χ3n) is 3.86. The lowest BCUT2D eigenvalue weighted by Gasteiger charge is -2.34. The average Bonchev–Trinajstić information content (AvgIpc) is 2.57. The minimum absolute atomic E-state index is 0.152. The van der Waals surface area contributed by atoms with E-state index < -0.39 is 0 Å². The van der Waals surface area contributed by atoms with Crippen molar-refractivity contribution in [3.05, 3.63) is 29.8 Å². The lowest BCUT2D eigenvalue weighted by molar-refractivity contribution is 0.0502. The van der Waals surface area contributed by atoms with Gasteiger partial charge in [0.15, 0.2) is 0 Å². The van der Waals surface area contributed by atoms with Crippen LogP contribution < -0.4 is 4.74 Å². The number of nitrogens with zero attached hydrogens (tertiary/aromatic N) is 1. The van der Waals surface area contributed by atoms with Crippen molar-refractivity contribution < 1.29 is 9.84 Å². The van der Waals surface area contributed by atoms with Crippen LogP contribution in [0, 0.1) is 0 Å². The van der Waals surface area contributed by atoms with Crippen LogP contribution in [0.3, 0.4) is 0 Å². The molecule has 0 radical (unpaired) electrons. The molecule has 0 aromatic heterocycles. The van der Waals surface area contributed by atoms with Crippen LogP contribution >= 0.6 is 0 Å². The van der Waals surface area contributed by atoms with E-state index in [1.807, 2.05) is 18.2 Å². The minimum Gasteiger partial charge on any atom is -0.496 e. The van der Waals surface area contributed by atoms with Gasteiger partial charge in [0.05, 0.1) is 13.2 Å². The summed E-state index contributed by atoms with van der Waals surface area (Å²) in [5.74, 6) is 0.921. The normalized spacial score (nSPS) is 23.9. The molecule has 3 nitrogen and oxygen atoms in total. The van der Waals surface area contributed by atoms with Crippen LogP contribution in [0.2, 0.25) is 0 Å². The van der Waals surface area contributed by atoms with E-state index >= 15 is 0 Å². The summed E-state index contributed by atoms with van der Waals surface area (Å²) in [4.78, 5) is 2.32. The Morgan fingerprint density at radius 3 is 2.71 bits per heavy atom. The number of aliphatic hydroxyl groups is 1. The van der Waals surface area contributed by atoms with Gasteiger partial charge in [-0.25, -0.2) is 0 Å². The van der Waals surface area contributed by atoms with Crippen LogP contribution in [0.15, 0.2) is 24.3 Å². The van der Waals surface area contributed by atoms with Crippen LogP contribution in [0.5, 0.6) is 5.75 Å². The summed E-state index contributed by atoms with van der Waals surface area (Å²) in [5, 5.41) is 9.96. The lowest BCUT2D eigenvalue weighted by Crippen LogP contribution is -2.44. The van der Waals surface area contributed by atoms with Gasteiger partial charge in [-0.15, -0.1) is 0 Å². The summed E-state index contributed by atoms with van der Waals surface area (Å²) in [7, 11) is 1.70. The van der Waals surface area contributed by atoms with E-state index in [2.05, 4.69) is 24.8 Å². The second-order valence-electron chi connectivity index (χ2n) is 5.19. The molecule has 1 atom stereocenters. The molecule has 1 aromatic carbocycles. The van der Waals surface area contributed by atoms with Crippen LogP contribution in [0.25, 0.3) is 0 Å². The zero-order valence-electron chi connectivity index (χ0n) is 10.8. The molecule has 1 saturated heterocycles. The summed E-state index contributed by atoms with van der Waals surface area (Å²) in [6.45, 7) is 5.96. The standard InChI is InChI=1S/C14H21NO2/c1-14(2)13(16)8-9-15(14)10-11-6-4-5-7-12(11)17-3/h4-7,13,16H,8-10H2,1-3H3. The van der Waals surface area contributed by atoms with E-state index in [0.717, 1.165) is 25.3 Å². The summed E-state index contributed by atoms with van der Waals surface area (Å²) in [6.07, 6.45) is 0.611. The molecule has 1 aromatic rings. The SMILES string of the molecule is COc1ccccc1CN1CCC(O)C1(C)C. The third kappa shape index (κ3) is 2.31. The Morgan fingerprint density at radius 2 is 2.12 bits per heavy atom. The first-order valence-corrected chi connectivity index (χ1v) is 6.10. The Hall–Kier alpha value is -1.06. The molecule has 17 heavy (non-hydrogen) atoms. The van der Waals surface area contributed by atoms with Crippen molar-refractivity contribution in [3.8, 4) is 5.75 Å². The maximum Gasteiger partial charge on any atom is 0.123 e. The minimum atomic E-state index is -0.239. The zero-order chi connectivity index (χ0) is 12.5. The van der Waals surface area contributed by atoms with E-state index in [0.29, 0.717) is 0 Å². The van der Waals surface area contributed by atoms with E-state index in [1.54, 1.807) is 7.11 Å². The highest BCUT2D eigenvalue weighted by molar-refractivity contribution is 5.33. The van der Waals surface area contributed by atoms with Crippen LogP contribution in [-0.2, 0) is 6.54 Å². The average molecular weight is 235 g/mol. The van der Waals surface area contributed by atoms with Gasteiger partial charge in [0, 0.05) is 24.2 Å². The van der Waals surface area contributed by atoms with E-state index in [4.69, 9.17) is 4.74 Å². The van der Waals surface area contributed by atoms with E-state index in [-0.39, 0.29) is 11.6 Å². The molecular weight excluding hydrogens is 214 g/mol. The Bertz CT molecular complexity index is 390. The largest absolute Gasteiger partial charge is 0.496 e. The van der Waals surface area contributed by atoms with Gasteiger partial charge in [0.1, 0.15) is 5.75 Å². The predicted molar refractivity (Wildman–Crippen MR) is 68.1 cm³/mol. The Balaban J connectivity index is 2.16. The van der Waals surface area contributed by atoms with Gasteiger partial charge < -0.3 is 9.84 Å². The molecule has 0 saturated carbocycles. The van der Waals surface area contributed by atoms with Gasteiger partial charge in [0.25, 0.3) is 0 Å². The maximum absolute atomic E-state index is 9.96. The van der Waals surface area contributed by atoms with Crippen molar-refractivity contribution in [2.75, 3.05) is 13.7 Å². The third-order valence-corrected chi connectivity index (χ3v) is 3.86. The maximum atomic E-state index is 9.96. The Kier molecular flexibility index (Phi) is 3.40. The zero-order valence-corrected chi connectivity index (χ0v) is 10.8. The van der Waals surface area contributed by atoms with Gasteiger partial charge >= 0.3 is 0 Å². The molecular formula is C14H21NO2. The number of hydrogen-bond donors (Lipinski definition) is 1. The summed E-state index contributed by atoms with van der Waals surface area (Å²) in [6, 6.07) is 8.07. The van der Waals surface area contributed by atoms with Gasteiger partial charge in [-0.1, -0.05) is 18.2 Å². The Morgan fingerprint density at radius 1 is 1.41 bits per heavy atom. The van der Waals surface area contributed by atoms with E-state index in [1.165, 1.54) is 5.56 Å². The molecule has 1 fully saturated rings. The first-order valence-electron chi connectivity index (χ1n) is 6.10. The smallest absolute Gasteiger partial charge is 0.123 e.